The zero-order valence-corrected chi connectivity index (χ0v) is 21.7. The van der Waals surface area contributed by atoms with Gasteiger partial charge in [-0.25, -0.2) is 43.9 Å². The summed E-state index contributed by atoms with van der Waals surface area (Å²) in [6.45, 7) is 3.31. The van der Waals surface area contributed by atoms with Gasteiger partial charge < -0.3 is 4.90 Å². The van der Waals surface area contributed by atoms with Crippen LogP contribution in [0.3, 0.4) is 0 Å². The van der Waals surface area contributed by atoms with Gasteiger partial charge in [0.25, 0.3) is 0 Å². The minimum absolute atomic E-state index is 0.409. The minimum atomic E-state index is -3.59. The maximum atomic E-state index is 15.4. The average molecular weight is 567 g/mol. The van der Waals surface area contributed by atoms with Crippen LogP contribution >= 0.6 is 0 Å². The lowest BCUT2D eigenvalue weighted by molar-refractivity contribution is -0.937. The molecular formula is C27H28BF10N. The van der Waals surface area contributed by atoms with Crippen LogP contribution in [0, 0.1) is 74.9 Å². The molecule has 2 saturated carbocycles. The van der Waals surface area contributed by atoms with Crippen LogP contribution in [0.25, 0.3) is 0 Å². The van der Waals surface area contributed by atoms with Crippen molar-refractivity contribution in [3.05, 3.63) is 58.2 Å². The molecule has 39 heavy (non-hydrogen) atoms. The number of benzene rings is 2. The molecule has 0 amide bonds. The van der Waals surface area contributed by atoms with E-state index in [0.29, 0.717) is 25.9 Å². The summed E-state index contributed by atoms with van der Waals surface area (Å²) in [4.78, 5) is 0.953. The fraction of sp³-hybridized carbons (Fsp3) is 0.556. The number of fused-ring (bicyclic) bond motifs is 2. The predicted molar refractivity (Wildman–Crippen MR) is 126 cm³/mol. The highest BCUT2D eigenvalue weighted by Gasteiger charge is 2.69. The third-order valence-corrected chi connectivity index (χ3v) is 10.8. The molecule has 0 radical (unpaired) electrons. The standard InChI is InChI=1S/C27H27BF10N/c1-26(2)11-7-8-27(26,3)25(39-9-5-4-6-10-39)12(11)28(13-15(29)19(33)23(37)20(34)16(13)30)14-17(31)21(35)24(38)22(36)18(14)32/h11-12,25,28H,4-10H2,1-3H3/q-1/p+1/t11-,12-,25+,27+/m1/s1. The number of nitrogens with one attached hydrogen (secondary N) is 1. The van der Waals surface area contributed by atoms with Gasteiger partial charge in [0.2, 0.25) is 0 Å². The molecule has 2 aromatic carbocycles. The molecule has 3 aliphatic rings. The summed E-state index contributed by atoms with van der Waals surface area (Å²) in [6, 6.07) is -0.573. The van der Waals surface area contributed by atoms with Gasteiger partial charge in [0.15, 0.2) is 34.9 Å². The van der Waals surface area contributed by atoms with E-state index in [-0.39, 0.29) is 0 Å². The lowest BCUT2D eigenvalue weighted by Gasteiger charge is -2.49. The first-order valence-electron chi connectivity index (χ1n) is 13.3. The van der Waals surface area contributed by atoms with Crippen LogP contribution in [0.2, 0.25) is 5.82 Å². The maximum absolute atomic E-state index is 15.4. The molecule has 1 N–H and O–H groups in total. The Morgan fingerprint density at radius 1 is 0.590 bits per heavy atom. The van der Waals surface area contributed by atoms with Gasteiger partial charge in [0, 0.05) is 5.41 Å². The molecule has 5 rings (SSSR count). The van der Waals surface area contributed by atoms with Gasteiger partial charge in [-0.05, 0) is 31.1 Å². The second kappa shape index (κ2) is 9.41. The molecule has 2 bridgehead atoms. The van der Waals surface area contributed by atoms with Crippen LogP contribution in [0.5, 0.6) is 0 Å². The Labute approximate surface area is 219 Å². The van der Waals surface area contributed by atoms with E-state index in [2.05, 4.69) is 0 Å². The second-order valence-corrected chi connectivity index (χ2v) is 12.3. The van der Waals surface area contributed by atoms with Crippen molar-refractivity contribution >= 4 is 17.6 Å². The van der Waals surface area contributed by atoms with Crippen molar-refractivity contribution in [2.75, 3.05) is 13.1 Å². The number of piperidine rings is 1. The van der Waals surface area contributed by atoms with E-state index in [9.17, 15) is 26.3 Å². The number of hydrogen-bond donors (Lipinski definition) is 1. The van der Waals surface area contributed by atoms with Crippen LogP contribution in [-0.2, 0) is 0 Å². The predicted octanol–water partition coefficient (Wildman–Crippen LogP) is 4.68. The fourth-order valence-electron chi connectivity index (χ4n) is 8.78. The third-order valence-electron chi connectivity index (χ3n) is 10.8. The largest absolute Gasteiger partial charge is 0.334 e. The number of quaternary nitrogens is 1. The monoisotopic (exact) mass is 567 g/mol. The molecule has 4 atom stereocenters. The van der Waals surface area contributed by atoms with Gasteiger partial charge in [-0.2, -0.15) is 0 Å². The summed E-state index contributed by atoms with van der Waals surface area (Å²) in [5.74, 6) is -25.2. The topological polar surface area (TPSA) is 4.44 Å². The molecule has 1 aliphatic heterocycles. The molecule has 3 fully saturated rings. The van der Waals surface area contributed by atoms with Gasteiger partial charge in [-0.1, -0.05) is 33.1 Å². The van der Waals surface area contributed by atoms with Crippen LogP contribution in [0.15, 0.2) is 0 Å². The Kier molecular flexibility index (Phi) is 6.83. The normalized spacial score (nSPS) is 28.6. The van der Waals surface area contributed by atoms with E-state index < -0.39 is 104 Å². The van der Waals surface area contributed by atoms with Crippen LogP contribution < -0.4 is 15.8 Å². The maximum Gasteiger partial charge on any atom is 0.200 e. The summed E-state index contributed by atoms with van der Waals surface area (Å²) in [5.41, 5.74) is -4.19. The molecule has 214 valence electrons. The number of likely N-dealkylation sites (tertiary alicyclic amines) is 1. The van der Waals surface area contributed by atoms with Gasteiger partial charge in [-0.3, -0.25) is 0 Å². The molecule has 0 aromatic heterocycles. The summed E-state index contributed by atoms with van der Waals surface area (Å²) in [7, 11) is 0. The van der Waals surface area contributed by atoms with Crippen molar-refractivity contribution in [2.24, 2.45) is 16.7 Å². The zero-order chi connectivity index (χ0) is 28.8. The SMILES string of the molecule is CC1(C)[C@@H]2CC[C@@]1(C)[C@@H]([NH+]1CCCCC1)[C@@H]2[BH-](c1c(F)c(F)c(F)c(F)c1F)c1c(F)c(F)c(F)c(F)c1F. The summed E-state index contributed by atoms with van der Waals surface area (Å²) >= 11 is 0. The lowest BCUT2D eigenvalue weighted by Crippen LogP contribution is -3.18. The van der Waals surface area contributed by atoms with E-state index in [4.69, 9.17) is 0 Å². The molecule has 0 spiro atoms. The first-order chi connectivity index (χ1) is 18.2. The van der Waals surface area contributed by atoms with Crippen molar-refractivity contribution in [1.29, 1.82) is 0 Å². The number of halogens is 10. The van der Waals surface area contributed by atoms with Gasteiger partial charge in [-0.15, -0.1) is 16.7 Å². The fourth-order valence-corrected chi connectivity index (χ4v) is 8.78. The highest BCUT2D eigenvalue weighted by Crippen LogP contribution is 2.69. The van der Waals surface area contributed by atoms with Crippen LogP contribution in [0.4, 0.5) is 43.9 Å². The summed E-state index contributed by atoms with van der Waals surface area (Å²) < 4.78 is 148. The summed E-state index contributed by atoms with van der Waals surface area (Å²) in [6.07, 6.45) is 3.52. The first-order valence-corrected chi connectivity index (χ1v) is 13.3. The molecule has 2 aromatic rings. The van der Waals surface area contributed by atoms with Crippen molar-refractivity contribution in [3.8, 4) is 0 Å². The van der Waals surface area contributed by atoms with Gasteiger partial charge in [0.1, 0.15) is 23.3 Å². The second-order valence-electron chi connectivity index (χ2n) is 12.3. The van der Waals surface area contributed by atoms with Crippen LogP contribution in [0.1, 0.15) is 52.9 Å². The van der Waals surface area contributed by atoms with E-state index in [1.807, 2.05) is 20.8 Å². The lowest BCUT2D eigenvalue weighted by atomic mass is 9.29. The first kappa shape index (κ1) is 28.3. The van der Waals surface area contributed by atoms with E-state index in [0.717, 1.165) is 24.2 Å². The van der Waals surface area contributed by atoms with Crippen molar-refractivity contribution in [2.45, 2.75) is 64.7 Å². The van der Waals surface area contributed by atoms with E-state index in [1.165, 1.54) is 0 Å². The molecule has 1 saturated heterocycles. The zero-order valence-electron chi connectivity index (χ0n) is 21.7. The molecule has 0 unspecified atom stereocenters. The van der Waals surface area contributed by atoms with Crippen molar-refractivity contribution in [3.63, 3.8) is 0 Å². The Hall–Kier alpha value is -2.24. The molecular weight excluding hydrogens is 539 g/mol. The Morgan fingerprint density at radius 2 is 0.974 bits per heavy atom. The Bertz CT molecular complexity index is 1210. The summed E-state index contributed by atoms with van der Waals surface area (Å²) in [5, 5.41) is 0. The smallest absolute Gasteiger partial charge is 0.200 e. The average Bonchev–Trinajstić information content (AvgIpc) is 3.25. The van der Waals surface area contributed by atoms with Gasteiger partial charge >= 0.3 is 0 Å². The van der Waals surface area contributed by atoms with E-state index >= 15 is 17.6 Å². The minimum Gasteiger partial charge on any atom is -0.334 e. The van der Waals surface area contributed by atoms with Crippen molar-refractivity contribution < 1.29 is 48.8 Å². The molecule has 1 nitrogen and oxygen atoms in total. The number of hydrogen-bond acceptors (Lipinski definition) is 0. The van der Waals surface area contributed by atoms with Crippen LogP contribution in [-0.4, -0.2) is 25.8 Å². The Morgan fingerprint density at radius 3 is 1.38 bits per heavy atom. The van der Waals surface area contributed by atoms with E-state index in [1.54, 1.807) is 0 Å². The quantitative estimate of drug-likeness (QED) is 0.237. The van der Waals surface area contributed by atoms with Gasteiger partial charge in [0.05, 0.1) is 25.8 Å². The number of rotatable bonds is 4. The molecule has 2 aliphatic carbocycles. The molecule has 1 heterocycles. The highest BCUT2D eigenvalue weighted by atomic mass is 19.2. The Balaban J connectivity index is 1.88. The van der Waals surface area contributed by atoms with Crippen molar-refractivity contribution in [1.82, 2.24) is 0 Å². The molecule has 12 heteroatoms. The third kappa shape index (κ3) is 3.71. The highest BCUT2D eigenvalue weighted by molar-refractivity contribution is 6.86.